The van der Waals surface area contributed by atoms with Gasteiger partial charge in [-0.1, -0.05) is 42.5 Å². The lowest BCUT2D eigenvalue weighted by Crippen LogP contribution is -2.22. The minimum Gasteiger partial charge on any atom is -0.457 e. The first-order valence-corrected chi connectivity index (χ1v) is 9.48. The van der Waals surface area contributed by atoms with Crippen LogP contribution in [0.2, 0.25) is 0 Å². The lowest BCUT2D eigenvalue weighted by atomic mass is 10.1. The highest BCUT2D eigenvalue weighted by Crippen LogP contribution is 2.25. The smallest absolute Gasteiger partial charge is 0.253 e. The second kappa shape index (κ2) is 9.01. The first kappa shape index (κ1) is 19.3. The molecule has 1 aromatic heterocycles. The molecule has 0 bridgehead atoms. The van der Waals surface area contributed by atoms with Crippen molar-refractivity contribution < 1.29 is 13.9 Å². The van der Waals surface area contributed by atoms with E-state index in [1.165, 1.54) is 18.3 Å². The number of carbonyl (C=O) groups excluding carboxylic acids is 1. The average molecular weight is 398 g/mol. The molecule has 1 heterocycles. The number of hydrogen-bond acceptors (Lipinski definition) is 3. The lowest BCUT2D eigenvalue weighted by molar-refractivity contribution is 0.0950. The molecule has 5 heteroatoms. The van der Waals surface area contributed by atoms with Crippen LogP contribution in [-0.4, -0.2) is 10.9 Å². The van der Waals surface area contributed by atoms with Crippen molar-refractivity contribution in [1.82, 2.24) is 10.3 Å². The van der Waals surface area contributed by atoms with Gasteiger partial charge in [0, 0.05) is 24.5 Å². The molecule has 0 fully saturated rings. The van der Waals surface area contributed by atoms with Crippen molar-refractivity contribution in [2.24, 2.45) is 0 Å². The molecule has 30 heavy (non-hydrogen) atoms. The molecule has 1 N–H and O–H groups in total. The summed E-state index contributed by atoms with van der Waals surface area (Å²) in [6, 6.07) is 25.0. The second-order valence-electron chi connectivity index (χ2n) is 6.71. The predicted molar refractivity (Wildman–Crippen MR) is 114 cm³/mol. The summed E-state index contributed by atoms with van der Waals surface area (Å²) in [4.78, 5) is 16.7. The standard InChI is InChI=1S/C25H19FN2O2/c26-22-10-6-18(7-11-22)15-28-25(29)21-14-20(16-27-17-21)19-8-12-24(13-9-19)30-23-4-2-1-3-5-23/h1-14,16-17H,15H2,(H,28,29). The Kier molecular flexibility index (Phi) is 5.80. The van der Waals surface area contributed by atoms with Crippen LogP contribution < -0.4 is 10.1 Å². The van der Waals surface area contributed by atoms with E-state index in [1.807, 2.05) is 54.6 Å². The van der Waals surface area contributed by atoms with E-state index in [4.69, 9.17) is 4.74 Å². The van der Waals surface area contributed by atoms with Crippen LogP contribution in [0.1, 0.15) is 15.9 Å². The maximum absolute atomic E-state index is 13.0. The Labute approximate surface area is 174 Å². The Morgan fingerprint density at radius 1 is 0.833 bits per heavy atom. The van der Waals surface area contributed by atoms with Gasteiger partial charge in [0.25, 0.3) is 5.91 Å². The number of para-hydroxylation sites is 1. The van der Waals surface area contributed by atoms with Crippen LogP contribution in [-0.2, 0) is 6.54 Å². The number of carbonyl (C=O) groups is 1. The maximum atomic E-state index is 13.0. The van der Waals surface area contributed by atoms with Crippen molar-refractivity contribution in [1.29, 1.82) is 0 Å². The highest BCUT2D eigenvalue weighted by atomic mass is 19.1. The number of hydrogen-bond donors (Lipinski definition) is 1. The topological polar surface area (TPSA) is 51.2 Å². The molecule has 0 atom stereocenters. The molecule has 0 saturated heterocycles. The van der Waals surface area contributed by atoms with E-state index >= 15 is 0 Å². The van der Waals surface area contributed by atoms with Crippen LogP contribution in [0.25, 0.3) is 11.1 Å². The van der Waals surface area contributed by atoms with E-state index in [1.54, 1.807) is 24.4 Å². The van der Waals surface area contributed by atoms with Gasteiger partial charge in [0.1, 0.15) is 17.3 Å². The van der Waals surface area contributed by atoms with Gasteiger partial charge in [0.2, 0.25) is 0 Å². The molecule has 0 aliphatic carbocycles. The minimum atomic E-state index is -0.304. The third-order valence-corrected chi connectivity index (χ3v) is 4.53. The van der Waals surface area contributed by atoms with Crippen molar-refractivity contribution in [3.05, 3.63) is 114 Å². The molecule has 0 spiro atoms. The lowest BCUT2D eigenvalue weighted by Gasteiger charge is -2.09. The summed E-state index contributed by atoms with van der Waals surface area (Å²) >= 11 is 0. The summed E-state index contributed by atoms with van der Waals surface area (Å²) in [5, 5.41) is 2.83. The SMILES string of the molecule is O=C(NCc1ccc(F)cc1)c1cncc(-c2ccc(Oc3ccccc3)cc2)c1. The summed E-state index contributed by atoms with van der Waals surface area (Å²) in [7, 11) is 0. The first-order chi connectivity index (χ1) is 14.7. The molecule has 4 rings (SSSR count). The zero-order chi connectivity index (χ0) is 20.8. The molecule has 3 aromatic carbocycles. The molecule has 0 radical (unpaired) electrons. The van der Waals surface area contributed by atoms with Crippen molar-refractivity contribution in [3.8, 4) is 22.6 Å². The van der Waals surface area contributed by atoms with E-state index in [-0.39, 0.29) is 11.7 Å². The zero-order valence-electron chi connectivity index (χ0n) is 16.1. The van der Waals surface area contributed by atoms with Gasteiger partial charge in [0.05, 0.1) is 5.56 Å². The molecule has 148 valence electrons. The number of aromatic nitrogens is 1. The number of halogens is 1. The number of benzene rings is 3. The van der Waals surface area contributed by atoms with Gasteiger partial charge >= 0.3 is 0 Å². The fourth-order valence-corrected chi connectivity index (χ4v) is 2.95. The van der Waals surface area contributed by atoms with Crippen molar-refractivity contribution in [3.63, 3.8) is 0 Å². The normalized spacial score (nSPS) is 10.4. The molecular formula is C25H19FN2O2. The van der Waals surface area contributed by atoms with E-state index in [0.29, 0.717) is 12.1 Å². The first-order valence-electron chi connectivity index (χ1n) is 9.48. The summed E-state index contributed by atoms with van der Waals surface area (Å²) in [6.07, 6.45) is 3.24. The fourth-order valence-electron chi connectivity index (χ4n) is 2.95. The summed E-state index contributed by atoms with van der Waals surface area (Å²) < 4.78 is 18.8. The van der Waals surface area contributed by atoms with E-state index in [9.17, 15) is 9.18 Å². The van der Waals surface area contributed by atoms with Crippen LogP contribution in [0.4, 0.5) is 4.39 Å². The van der Waals surface area contributed by atoms with Crippen LogP contribution in [0.3, 0.4) is 0 Å². The Morgan fingerprint density at radius 3 is 2.27 bits per heavy atom. The predicted octanol–water partition coefficient (Wildman–Crippen LogP) is 5.61. The summed E-state index contributed by atoms with van der Waals surface area (Å²) in [5.41, 5.74) is 3.04. The summed E-state index contributed by atoms with van der Waals surface area (Å²) in [6.45, 7) is 0.314. The number of nitrogens with zero attached hydrogens (tertiary/aromatic N) is 1. The van der Waals surface area contributed by atoms with Gasteiger partial charge in [-0.2, -0.15) is 0 Å². The Balaban J connectivity index is 1.43. The van der Waals surface area contributed by atoms with Crippen LogP contribution in [0.5, 0.6) is 11.5 Å². The van der Waals surface area contributed by atoms with Gasteiger partial charge in [-0.25, -0.2) is 4.39 Å². The maximum Gasteiger partial charge on any atom is 0.253 e. The highest BCUT2D eigenvalue weighted by molar-refractivity contribution is 5.95. The number of amides is 1. The second-order valence-corrected chi connectivity index (χ2v) is 6.71. The van der Waals surface area contributed by atoms with Crippen LogP contribution >= 0.6 is 0 Å². The third-order valence-electron chi connectivity index (χ3n) is 4.53. The number of pyridine rings is 1. The molecular weight excluding hydrogens is 379 g/mol. The largest absolute Gasteiger partial charge is 0.457 e. The molecule has 0 unspecified atom stereocenters. The molecule has 0 aliphatic heterocycles. The Morgan fingerprint density at radius 2 is 1.53 bits per heavy atom. The average Bonchev–Trinajstić information content (AvgIpc) is 2.80. The van der Waals surface area contributed by atoms with Crippen molar-refractivity contribution >= 4 is 5.91 Å². The molecule has 0 saturated carbocycles. The van der Waals surface area contributed by atoms with Gasteiger partial charge in [-0.3, -0.25) is 9.78 Å². The van der Waals surface area contributed by atoms with E-state index in [0.717, 1.165) is 28.2 Å². The number of nitrogens with one attached hydrogen (secondary N) is 1. The minimum absolute atomic E-state index is 0.238. The van der Waals surface area contributed by atoms with Gasteiger partial charge < -0.3 is 10.1 Å². The van der Waals surface area contributed by atoms with E-state index in [2.05, 4.69) is 10.3 Å². The van der Waals surface area contributed by atoms with Crippen molar-refractivity contribution in [2.45, 2.75) is 6.54 Å². The highest BCUT2D eigenvalue weighted by Gasteiger charge is 2.08. The van der Waals surface area contributed by atoms with Gasteiger partial charge in [0.15, 0.2) is 0 Å². The number of rotatable bonds is 6. The van der Waals surface area contributed by atoms with Crippen LogP contribution in [0.15, 0.2) is 97.3 Å². The molecule has 4 nitrogen and oxygen atoms in total. The fraction of sp³-hybridized carbons (Fsp3) is 0.0400. The van der Waals surface area contributed by atoms with Gasteiger partial charge in [-0.05, 0) is 53.6 Å². The quantitative estimate of drug-likeness (QED) is 0.459. The van der Waals surface area contributed by atoms with Gasteiger partial charge in [-0.15, -0.1) is 0 Å². The summed E-state index contributed by atoms with van der Waals surface area (Å²) in [5.74, 6) is 0.956. The van der Waals surface area contributed by atoms with Crippen molar-refractivity contribution in [2.75, 3.05) is 0 Å². The van der Waals surface area contributed by atoms with E-state index < -0.39 is 0 Å². The molecule has 0 aliphatic rings. The molecule has 4 aromatic rings. The number of ether oxygens (including phenoxy) is 1. The zero-order valence-corrected chi connectivity index (χ0v) is 16.1. The third kappa shape index (κ3) is 4.89. The molecule has 1 amide bonds. The Hall–Kier alpha value is -3.99. The Bertz CT molecular complexity index is 1130. The monoisotopic (exact) mass is 398 g/mol. The van der Waals surface area contributed by atoms with Crippen LogP contribution in [0, 0.1) is 5.82 Å².